The summed E-state index contributed by atoms with van der Waals surface area (Å²) in [5.41, 5.74) is 5.53. The minimum Gasteiger partial charge on any atom is -0.484 e. The molecule has 0 aliphatic rings. The van der Waals surface area contributed by atoms with Crippen LogP contribution in [0, 0.1) is 0 Å². The molecule has 0 radical (unpaired) electrons. The maximum absolute atomic E-state index is 5.97. The topological polar surface area (TPSA) is 61.0 Å². The number of hydrogen-bond acceptors (Lipinski definition) is 4. The molecule has 0 amide bonds. The number of nitrogens with zero attached hydrogens (tertiary/aromatic N) is 2. The first-order valence-corrected chi connectivity index (χ1v) is 5.56. The number of anilines is 1. The zero-order valence-corrected chi connectivity index (χ0v) is 10.2. The summed E-state index contributed by atoms with van der Waals surface area (Å²) in [5.74, 6) is 1.38. The number of nitrogens with two attached hydrogens (primary N) is 1. The van der Waals surface area contributed by atoms with E-state index in [1.165, 1.54) is 0 Å². The van der Waals surface area contributed by atoms with E-state index >= 15 is 0 Å². The molecule has 0 aliphatic carbocycles. The summed E-state index contributed by atoms with van der Waals surface area (Å²) in [6, 6.07) is 6.77. The zero-order valence-electron chi connectivity index (χ0n) is 8.73. The van der Waals surface area contributed by atoms with Crippen LogP contribution in [0.3, 0.4) is 0 Å². The lowest BCUT2D eigenvalue weighted by molar-refractivity contribution is 0.296. The molecule has 0 fully saturated rings. The molecule has 1 aromatic carbocycles. The van der Waals surface area contributed by atoms with Crippen LogP contribution in [0.1, 0.15) is 5.82 Å². The molecular formula is C11H9Cl2N3O. The maximum atomic E-state index is 5.97. The second-order valence-electron chi connectivity index (χ2n) is 3.24. The summed E-state index contributed by atoms with van der Waals surface area (Å²) >= 11 is 11.8. The van der Waals surface area contributed by atoms with Crippen LogP contribution < -0.4 is 10.5 Å². The van der Waals surface area contributed by atoms with Crippen molar-refractivity contribution in [3.05, 3.63) is 46.3 Å². The van der Waals surface area contributed by atoms with E-state index in [-0.39, 0.29) is 6.61 Å². The van der Waals surface area contributed by atoms with Gasteiger partial charge >= 0.3 is 0 Å². The van der Waals surface area contributed by atoms with Gasteiger partial charge in [-0.1, -0.05) is 29.3 Å². The van der Waals surface area contributed by atoms with E-state index in [1.54, 1.807) is 30.5 Å². The number of aromatic nitrogens is 2. The van der Waals surface area contributed by atoms with Crippen LogP contribution >= 0.6 is 23.2 Å². The Bertz CT molecular complexity index is 534. The second-order valence-corrected chi connectivity index (χ2v) is 4.02. The van der Waals surface area contributed by atoms with Gasteiger partial charge in [0.1, 0.15) is 23.2 Å². The van der Waals surface area contributed by atoms with Crippen molar-refractivity contribution in [2.24, 2.45) is 0 Å². The lowest BCUT2D eigenvalue weighted by Crippen LogP contribution is -2.03. The number of halogens is 2. The molecule has 1 aromatic heterocycles. The maximum Gasteiger partial charge on any atom is 0.168 e. The van der Waals surface area contributed by atoms with Crippen molar-refractivity contribution in [3.8, 4) is 5.75 Å². The van der Waals surface area contributed by atoms with Crippen LogP contribution in [0.2, 0.25) is 10.0 Å². The Morgan fingerprint density at radius 3 is 2.82 bits per heavy atom. The average molecular weight is 270 g/mol. The molecule has 0 spiro atoms. The first-order valence-electron chi connectivity index (χ1n) is 4.81. The number of hydrogen-bond donors (Lipinski definition) is 1. The number of benzene rings is 1. The Balaban J connectivity index is 2.10. The van der Waals surface area contributed by atoms with Gasteiger partial charge in [0, 0.05) is 6.20 Å². The molecule has 2 N–H and O–H groups in total. The van der Waals surface area contributed by atoms with Crippen LogP contribution in [0.4, 0.5) is 5.82 Å². The zero-order chi connectivity index (χ0) is 12.3. The molecule has 0 atom stereocenters. The summed E-state index contributed by atoms with van der Waals surface area (Å²) in [4.78, 5) is 8.02. The second kappa shape index (κ2) is 5.21. The van der Waals surface area contributed by atoms with Crippen molar-refractivity contribution in [2.75, 3.05) is 5.73 Å². The third-order valence-electron chi connectivity index (χ3n) is 2.00. The molecule has 0 saturated carbocycles. The van der Waals surface area contributed by atoms with Crippen molar-refractivity contribution in [3.63, 3.8) is 0 Å². The van der Waals surface area contributed by atoms with E-state index in [0.717, 1.165) is 0 Å². The molecule has 0 aliphatic heterocycles. The summed E-state index contributed by atoms with van der Waals surface area (Å²) in [7, 11) is 0. The quantitative estimate of drug-likeness (QED) is 0.931. The molecule has 88 valence electrons. The summed E-state index contributed by atoms with van der Waals surface area (Å²) in [5, 5.41) is 0.815. The SMILES string of the molecule is Nc1ccnc(COc2cccc(Cl)c2Cl)n1. The highest BCUT2D eigenvalue weighted by molar-refractivity contribution is 6.42. The molecule has 4 nitrogen and oxygen atoms in total. The highest BCUT2D eigenvalue weighted by Gasteiger charge is 2.06. The summed E-state index contributed by atoms with van der Waals surface area (Å²) < 4.78 is 5.46. The van der Waals surface area contributed by atoms with Gasteiger partial charge in [0.2, 0.25) is 0 Å². The minimum absolute atomic E-state index is 0.186. The molecule has 2 rings (SSSR count). The van der Waals surface area contributed by atoms with Crippen LogP contribution in [0.25, 0.3) is 0 Å². The van der Waals surface area contributed by atoms with Crippen LogP contribution in [-0.2, 0) is 6.61 Å². The molecule has 0 saturated heterocycles. The first-order chi connectivity index (χ1) is 8.16. The fourth-order valence-electron chi connectivity index (χ4n) is 1.22. The Hall–Kier alpha value is -1.52. The van der Waals surface area contributed by atoms with E-state index in [0.29, 0.717) is 27.4 Å². The van der Waals surface area contributed by atoms with Gasteiger partial charge in [-0.3, -0.25) is 0 Å². The van der Waals surface area contributed by atoms with Crippen LogP contribution in [-0.4, -0.2) is 9.97 Å². The van der Waals surface area contributed by atoms with E-state index in [2.05, 4.69) is 9.97 Å². The van der Waals surface area contributed by atoms with Crippen molar-refractivity contribution < 1.29 is 4.74 Å². The molecular weight excluding hydrogens is 261 g/mol. The van der Waals surface area contributed by atoms with Crippen LogP contribution in [0.5, 0.6) is 5.75 Å². The smallest absolute Gasteiger partial charge is 0.168 e. The standard InChI is InChI=1S/C11H9Cl2N3O/c12-7-2-1-3-8(11(7)13)17-6-10-15-5-4-9(14)16-10/h1-5H,6H2,(H2,14,15,16). The molecule has 2 aromatic rings. The molecule has 6 heteroatoms. The third kappa shape index (κ3) is 2.99. The predicted molar refractivity (Wildman–Crippen MR) is 67.2 cm³/mol. The van der Waals surface area contributed by atoms with Gasteiger partial charge in [-0.05, 0) is 18.2 Å². The lowest BCUT2D eigenvalue weighted by atomic mass is 10.3. The van der Waals surface area contributed by atoms with Crippen LogP contribution in [0.15, 0.2) is 30.5 Å². The number of rotatable bonds is 3. The van der Waals surface area contributed by atoms with Gasteiger partial charge in [0.15, 0.2) is 5.82 Å². The average Bonchev–Trinajstić information content (AvgIpc) is 2.31. The fraction of sp³-hybridized carbons (Fsp3) is 0.0909. The van der Waals surface area contributed by atoms with Gasteiger partial charge in [-0.2, -0.15) is 0 Å². The predicted octanol–water partition coefficient (Wildman–Crippen LogP) is 2.94. The Morgan fingerprint density at radius 1 is 1.24 bits per heavy atom. The van der Waals surface area contributed by atoms with Gasteiger partial charge in [0.25, 0.3) is 0 Å². The monoisotopic (exact) mass is 269 g/mol. The van der Waals surface area contributed by atoms with Crippen molar-refractivity contribution >= 4 is 29.0 Å². The van der Waals surface area contributed by atoms with E-state index in [4.69, 9.17) is 33.7 Å². The van der Waals surface area contributed by atoms with E-state index in [1.807, 2.05) is 0 Å². The lowest BCUT2D eigenvalue weighted by Gasteiger charge is -2.07. The Labute approximate surface area is 108 Å². The Morgan fingerprint density at radius 2 is 2.06 bits per heavy atom. The number of nitrogen functional groups attached to an aromatic ring is 1. The number of ether oxygens (including phenoxy) is 1. The molecule has 0 unspecified atom stereocenters. The largest absolute Gasteiger partial charge is 0.484 e. The van der Waals surface area contributed by atoms with E-state index < -0.39 is 0 Å². The normalized spacial score (nSPS) is 10.2. The highest BCUT2D eigenvalue weighted by atomic mass is 35.5. The fourth-order valence-corrected chi connectivity index (χ4v) is 1.57. The summed E-state index contributed by atoms with van der Waals surface area (Å²) in [6.45, 7) is 0.186. The molecule has 1 heterocycles. The Kier molecular flexibility index (Phi) is 3.66. The van der Waals surface area contributed by atoms with Crippen molar-refractivity contribution in [1.82, 2.24) is 9.97 Å². The first kappa shape index (κ1) is 12.0. The molecule has 17 heavy (non-hydrogen) atoms. The summed E-state index contributed by atoms with van der Waals surface area (Å²) in [6.07, 6.45) is 1.57. The van der Waals surface area contributed by atoms with E-state index in [9.17, 15) is 0 Å². The van der Waals surface area contributed by atoms with Gasteiger partial charge in [-0.25, -0.2) is 9.97 Å². The van der Waals surface area contributed by atoms with Crippen molar-refractivity contribution in [2.45, 2.75) is 6.61 Å². The van der Waals surface area contributed by atoms with Gasteiger partial charge < -0.3 is 10.5 Å². The molecule has 0 bridgehead atoms. The minimum atomic E-state index is 0.186. The van der Waals surface area contributed by atoms with Gasteiger partial charge in [-0.15, -0.1) is 0 Å². The van der Waals surface area contributed by atoms with Crippen molar-refractivity contribution in [1.29, 1.82) is 0 Å². The third-order valence-corrected chi connectivity index (χ3v) is 2.80. The van der Waals surface area contributed by atoms with Gasteiger partial charge in [0.05, 0.1) is 5.02 Å². The highest BCUT2D eigenvalue weighted by Crippen LogP contribution is 2.31.